The number of hydrogen-bond donors (Lipinski definition) is 1. The highest BCUT2D eigenvalue weighted by Crippen LogP contribution is 2.38. The Morgan fingerprint density at radius 2 is 1.88 bits per heavy atom. The molecule has 6 nitrogen and oxygen atoms in total. The Kier molecular flexibility index (Phi) is 4.19. The Morgan fingerprint density at radius 3 is 2.54 bits per heavy atom. The van der Waals surface area contributed by atoms with E-state index >= 15 is 0 Å². The fourth-order valence-electron chi connectivity index (χ4n) is 2.54. The zero-order valence-electron chi connectivity index (χ0n) is 13.4. The van der Waals surface area contributed by atoms with Crippen molar-refractivity contribution >= 4 is 27.3 Å². The minimum Gasteiger partial charge on any atom is -0.481 e. The van der Waals surface area contributed by atoms with Crippen LogP contribution in [0.15, 0.2) is 47.4 Å². The van der Waals surface area contributed by atoms with Gasteiger partial charge in [-0.25, -0.2) is 8.42 Å². The minimum atomic E-state index is -3.76. The van der Waals surface area contributed by atoms with Gasteiger partial charge in [0.1, 0.15) is 11.4 Å². The second-order valence-corrected chi connectivity index (χ2v) is 7.18. The van der Waals surface area contributed by atoms with E-state index in [1.807, 2.05) is 6.92 Å². The van der Waals surface area contributed by atoms with Crippen LogP contribution >= 0.6 is 0 Å². The molecular weight excluding hydrogens is 328 g/mol. The van der Waals surface area contributed by atoms with Crippen molar-refractivity contribution in [1.82, 2.24) is 0 Å². The molecule has 1 N–H and O–H groups in total. The quantitative estimate of drug-likeness (QED) is 0.922. The maximum absolute atomic E-state index is 12.6. The van der Waals surface area contributed by atoms with Gasteiger partial charge >= 0.3 is 0 Å². The first kappa shape index (κ1) is 16.3. The van der Waals surface area contributed by atoms with Gasteiger partial charge in [-0.3, -0.25) is 9.52 Å². The second kappa shape index (κ2) is 6.16. The fourth-order valence-corrected chi connectivity index (χ4v) is 3.60. The fraction of sp³-hybridized carbons (Fsp3) is 0.235. The lowest BCUT2D eigenvalue weighted by Gasteiger charge is -2.28. The van der Waals surface area contributed by atoms with E-state index in [0.29, 0.717) is 17.1 Å². The van der Waals surface area contributed by atoms with Gasteiger partial charge in [0.25, 0.3) is 15.9 Å². The number of ether oxygens (including phenoxy) is 1. The second-order valence-electron chi connectivity index (χ2n) is 5.50. The number of likely N-dealkylation sites (N-methyl/N-ethyl adjacent to an activating group) is 1. The maximum atomic E-state index is 12.6. The summed E-state index contributed by atoms with van der Waals surface area (Å²) in [5, 5.41) is 0. The highest BCUT2D eigenvalue weighted by atomic mass is 32.2. The standard InChI is InChI=1S/C17H18N2O4S/c1-3-12-7-9-13(10-8-12)24(21,22)18-14-5-4-6-15-17(14)19(2)16(20)11-23-15/h4-10,18H,3,11H2,1-2H3. The van der Waals surface area contributed by atoms with E-state index in [4.69, 9.17) is 4.74 Å². The van der Waals surface area contributed by atoms with Gasteiger partial charge in [0.2, 0.25) is 0 Å². The number of sulfonamides is 1. The summed E-state index contributed by atoms with van der Waals surface area (Å²) in [5.41, 5.74) is 1.79. The summed E-state index contributed by atoms with van der Waals surface area (Å²) in [6, 6.07) is 11.7. The Morgan fingerprint density at radius 1 is 1.17 bits per heavy atom. The SMILES string of the molecule is CCc1ccc(S(=O)(=O)Nc2cccc3c2N(C)C(=O)CO3)cc1. The van der Waals surface area contributed by atoms with Crippen molar-refractivity contribution in [2.75, 3.05) is 23.3 Å². The van der Waals surface area contributed by atoms with Crippen LogP contribution in [-0.2, 0) is 21.2 Å². The number of benzene rings is 2. The topological polar surface area (TPSA) is 75.7 Å². The first-order chi connectivity index (χ1) is 11.4. The van der Waals surface area contributed by atoms with Crippen LogP contribution in [0.3, 0.4) is 0 Å². The number of nitrogens with one attached hydrogen (secondary N) is 1. The van der Waals surface area contributed by atoms with Gasteiger partial charge in [0.05, 0.1) is 10.6 Å². The number of carbonyl (C=O) groups is 1. The molecule has 0 unspecified atom stereocenters. The van der Waals surface area contributed by atoms with Crippen molar-refractivity contribution in [2.24, 2.45) is 0 Å². The first-order valence-corrected chi connectivity index (χ1v) is 9.05. The van der Waals surface area contributed by atoms with Crippen molar-refractivity contribution in [3.63, 3.8) is 0 Å². The molecule has 1 aliphatic heterocycles. The zero-order chi connectivity index (χ0) is 17.3. The van der Waals surface area contributed by atoms with Gasteiger partial charge in [-0.1, -0.05) is 25.1 Å². The van der Waals surface area contributed by atoms with E-state index < -0.39 is 10.0 Å². The number of carbonyl (C=O) groups excluding carboxylic acids is 1. The number of fused-ring (bicyclic) bond motifs is 1. The lowest BCUT2D eigenvalue weighted by Crippen LogP contribution is -2.36. The molecule has 1 aliphatic rings. The predicted octanol–water partition coefficient (Wildman–Crippen LogP) is 2.41. The molecule has 1 amide bonds. The van der Waals surface area contributed by atoms with E-state index in [0.717, 1.165) is 12.0 Å². The molecule has 0 aliphatic carbocycles. The Labute approximate surface area is 141 Å². The molecular formula is C17H18N2O4S. The first-order valence-electron chi connectivity index (χ1n) is 7.56. The van der Waals surface area contributed by atoms with Gasteiger partial charge < -0.3 is 9.64 Å². The number of aryl methyl sites for hydroxylation is 1. The number of nitrogens with zero attached hydrogens (tertiary/aromatic N) is 1. The average molecular weight is 346 g/mol. The lowest BCUT2D eigenvalue weighted by molar-refractivity contribution is -0.120. The normalized spacial score (nSPS) is 14.1. The summed E-state index contributed by atoms with van der Waals surface area (Å²) < 4.78 is 33.2. The van der Waals surface area contributed by atoms with Crippen molar-refractivity contribution in [3.05, 3.63) is 48.0 Å². The molecule has 0 bridgehead atoms. The summed E-state index contributed by atoms with van der Waals surface area (Å²) in [4.78, 5) is 13.4. The highest BCUT2D eigenvalue weighted by molar-refractivity contribution is 7.92. The summed E-state index contributed by atoms with van der Waals surface area (Å²) in [6.07, 6.45) is 0.837. The zero-order valence-corrected chi connectivity index (χ0v) is 14.3. The van der Waals surface area contributed by atoms with E-state index in [1.165, 1.54) is 4.90 Å². The number of rotatable bonds is 4. The van der Waals surface area contributed by atoms with E-state index in [-0.39, 0.29) is 17.4 Å². The molecule has 24 heavy (non-hydrogen) atoms. The van der Waals surface area contributed by atoms with Crippen molar-refractivity contribution in [2.45, 2.75) is 18.2 Å². The molecule has 0 aromatic heterocycles. The molecule has 3 rings (SSSR count). The van der Waals surface area contributed by atoms with Crippen LogP contribution in [0, 0.1) is 0 Å². The third-order valence-electron chi connectivity index (χ3n) is 3.95. The van der Waals surface area contributed by atoms with Crippen LogP contribution in [0.25, 0.3) is 0 Å². The number of para-hydroxylation sites is 1. The summed E-state index contributed by atoms with van der Waals surface area (Å²) in [5.74, 6) is 0.236. The largest absolute Gasteiger partial charge is 0.481 e. The van der Waals surface area contributed by atoms with Gasteiger partial charge in [-0.2, -0.15) is 0 Å². The highest BCUT2D eigenvalue weighted by Gasteiger charge is 2.27. The Balaban J connectivity index is 1.97. The third kappa shape index (κ3) is 2.94. The van der Waals surface area contributed by atoms with Crippen LogP contribution in [-0.4, -0.2) is 28.0 Å². The molecule has 7 heteroatoms. The smallest absolute Gasteiger partial charge is 0.264 e. The minimum absolute atomic E-state index is 0.0574. The predicted molar refractivity (Wildman–Crippen MR) is 92.0 cm³/mol. The van der Waals surface area contributed by atoms with Crippen LogP contribution in [0.5, 0.6) is 5.75 Å². The molecule has 2 aromatic rings. The molecule has 0 fully saturated rings. The summed E-state index contributed by atoms with van der Waals surface area (Å²) in [6.45, 7) is 1.95. The molecule has 0 saturated heterocycles. The average Bonchev–Trinajstić information content (AvgIpc) is 2.58. The van der Waals surface area contributed by atoms with Crippen LogP contribution < -0.4 is 14.4 Å². The van der Waals surface area contributed by atoms with Gasteiger partial charge in [-0.15, -0.1) is 0 Å². The van der Waals surface area contributed by atoms with E-state index in [9.17, 15) is 13.2 Å². The van der Waals surface area contributed by atoms with E-state index in [1.54, 1.807) is 49.5 Å². The molecule has 0 saturated carbocycles. The molecule has 0 atom stereocenters. The van der Waals surface area contributed by atoms with Crippen LogP contribution in [0.4, 0.5) is 11.4 Å². The molecule has 2 aromatic carbocycles. The van der Waals surface area contributed by atoms with Crippen LogP contribution in [0.2, 0.25) is 0 Å². The maximum Gasteiger partial charge on any atom is 0.264 e. The van der Waals surface area contributed by atoms with Crippen LogP contribution in [0.1, 0.15) is 12.5 Å². The molecule has 1 heterocycles. The van der Waals surface area contributed by atoms with Gasteiger partial charge in [0, 0.05) is 7.05 Å². The monoisotopic (exact) mass is 346 g/mol. The Hall–Kier alpha value is -2.54. The molecule has 0 radical (unpaired) electrons. The van der Waals surface area contributed by atoms with Gasteiger partial charge in [0.15, 0.2) is 6.61 Å². The van der Waals surface area contributed by atoms with Crippen molar-refractivity contribution < 1.29 is 17.9 Å². The number of anilines is 2. The molecule has 126 valence electrons. The number of hydrogen-bond acceptors (Lipinski definition) is 4. The molecule has 0 spiro atoms. The third-order valence-corrected chi connectivity index (χ3v) is 5.33. The number of amides is 1. The van der Waals surface area contributed by atoms with E-state index in [2.05, 4.69) is 4.72 Å². The summed E-state index contributed by atoms with van der Waals surface area (Å²) in [7, 11) is -2.16. The van der Waals surface area contributed by atoms with Crippen molar-refractivity contribution in [1.29, 1.82) is 0 Å². The van der Waals surface area contributed by atoms with Gasteiger partial charge in [-0.05, 0) is 36.2 Å². The Bertz CT molecular complexity index is 876. The van der Waals surface area contributed by atoms with Crippen molar-refractivity contribution in [3.8, 4) is 5.75 Å². The lowest BCUT2D eigenvalue weighted by atomic mass is 10.2. The summed E-state index contributed by atoms with van der Waals surface area (Å²) >= 11 is 0.